The zero-order valence-electron chi connectivity index (χ0n) is 7.80. The van der Waals surface area contributed by atoms with E-state index >= 15 is 0 Å². The summed E-state index contributed by atoms with van der Waals surface area (Å²) >= 11 is 0. The van der Waals surface area contributed by atoms with Crippen molar-refractivity contribution >= 4 is 0 Å². The summed E-state index contributed by atoms with van der Waals surface area (Å²) in [5.41, 5.74) is 0. The standard InChI is InChI=1S/C8H13N.C2H6/c1-6-4-7-2-3-8(5-6)9-7;1-2/h2-3,6-9H,4-5H2,1H3;1-2H3. The summed E-state index contributed by atoms with van der Waals surface area (Å²) in [5, 5.41) is 3.51. The van der Waals surface area contributed by atoms with Gasteiger partial charge in [-0.3, -0.25) is 0 Å². The molecule has 2 unspecified atom stereocenters. The van der Waals surface area contributed by atoms with Gasteiger partial charge in [-0.1, -0.05) is 32.9 Å². The Hall–Kier alpha value is -0.300. The molecule has 2 rings (SSSR count). The average Bonchev–Trinajstić information content (AvgIpc) is 2.35. The second-order valence-corrected chi connectivity index (χ2v) is 3.34. The van der Waals surface area contributed by atoms with Crippen LogP contribution in [0.3, 0.4) is 0 Å². The van der Waals surface area contributed by atoms with Crippen molar-refractivity contribution < 1.29 is 0 Å². The lowest BCUT2D eigenvalue weighted by Gasteiger charge is -2.26. The minimum atomic E-state index is 0.707. The maximum atomic E-state index is 3.51. The first kappa shape index (κ1) is 8.79. The van der Waals surface area contributed by atoms with E-state index < -0.39 is 0 Å². The largest absolute Gasteiger partial charge is 0.304 e. The first-order chi connectivity index (χ1) is 5.34. The summed E-state index contributed by atoms with van der Waals surface area (Å²) in [7, 11) is 0. The first-order valence-electron chi connectivity index (χ1n) is 4.79. The molecule has 64 valence electrons. The predicted octanol–water partition coefficient (Wildman–Crippen LogP) is 2.34. The Morgan fingerprint density at radius 1 is 1.09 bits per heavy atom. The third-order valence-corrected chi connectivity index (χ3v) is 2.32. The molecule has 2 bridgehead atoms. The molecule has 2 atom stereocenters. The molecule has 0 aromatic rings. The average molecular weight is 153 g/mol. The van der Waals surface area contributed by atoms with Gasteiger partial charge >= 0.3 is 0 Å². The first-order valence-corrected chi connectivity index (χ1v) is 4.79. The maximum absolute atomic E-state index is 3.51. The molecular formula is C10H19N. The van der Waals surface area contributed by atoms with E-state index in [4.69, 9.17) is 0 Å². The summed E-state index contributed by atoms with van der Waals surface area (Å²) in [6.45, 7) is 6.34. The van der Waals surface area contributed by atoms with E-state index in [1.54, 1.807) is 0 Å². The summed E-state index contributed by atoms with van der Waals surface area (Å²) in [5.74, 6) is 0.927. The summed E-state index contributed by atoms with van der Waals surface area (Å²) in [6.07, 6.45) is 7.31. The van der Waals surface area contributed by atoms with Crippen LogP contribution < -0.4 is 5.32 Å². The van der Waals surface area contributed by atoms with Crippen LogP contribution in [-0.2, 0) is 0 Å². The zero-order valence-corrected chi connectivity index (χ0v) is 7.80. The molecule has 2 heterocycles. The lowest BCUT2D eigenvalue weighted by Crippen LogP contribution is -2.37. The topological polar surface area (TPSA) is 12.0 Å². The van der Waals surface area contributed by atoms with Crippen molar-refractivity contribution in [2.75, 3.05) is 0 Å². The summed E-state index contributed by atoms with van der Waals surface area (Å²) in [4.78, 5) is 0. The summed E-state index contributed by atoms with van der Waals surface area (Å²) < 4.78 is 0. The molecule has 2 aliphatic rings. The van der Waals surface area contributed by atoms with Crippen molar-refractivity contribution in [3.05, 3.63) is 12.2 Å². The molecule has 1 N–H and O–H groups in total. The third kappa shape index (κ3) is 2.06. The van der Waals surface area contributed by atoms with Crippen LogP contribution in [0, 0.1) is 5.92 Å². The molecule has 1 saturated heterocycles. The van der Waals surface area contributed by atoms with Crippen LogP contribution in [0.1, 0.15) is 33.6 Å². The van der Waals surface area contributed by atoms with Crippen molar-refractivity contribution in [2.45, 2.75) is 45.7 Å². The Morgan fingerprint density at radius 3 is 2.00 bits per heavy atom. The quantitative estimate of drug-likeness (QED) is 0.527. The van der Waals surface area contributed by atoms with Gasteiger partial charge in [0.15, 0.2) is 0 Å². The van der Waals surface area contributed by atoms with Crippen LogP contribution in [0.5, 0.6) is 0 Å². The van der Waals surface area contributed by atoms with Gasteiger partial charge in [0, 0.05) is 12.1 Å². The number of fused-ring (bicyclic) bond motifs is 2. The molecule has 0 spiro atoms. The number of piperidine rings is 1. The highest BCUT2D eigenvalue weighted by molar-refractivity contribution is 5.12. The van der Waals surface area contributed by atoms with Crippen molar-refractivity contribution in [1.29, 1.82) is 0 Å². The highest BCUT2D eigenvalue weighted by atomic mass is 15.0. The molecule has 2 aliphatic heterocycles. The number of hydrogen-bond donors (Lipinski definition) is 1. The van der Waals surface area contributed by atoms with E-state index in [0.717, 1.165) is 5.92 Å². The SMILES string of the molecule is CC.CC1CC2C=CC(C1)N2. The minimum Gasteiger partial charge on any atom is -0.304 e. The molecule has 1 heteroatoms. The second kappa shape index (κ2) is 3.91. The van der Waals surface area contributed by atoms with E-state index in [2.05, 4.69) is 24.4 Å². The van der Waals surface area contributed by atoms with Gasteiger partial charge in [-0.2, -0.15) is 0 Å². The van der Waals surface area contributed by atoms with Gasteiger partial charge in [0.25, 0.3) is 0 Å². The van der Waals surface area contributed by atoms with Crippen LogP contribution in [0.15, 0.2) is 12.2 Å². The Labute approximate surface area is 69.9 Å². The fourth-order valence-corrected chi connectivity index (χ4v) is 1.91. The smallest absolute Gasteiger partial charge is 0.0258 e. The molecule has 1 nitrogen and oxygen atoms in total. The minimum absolute atomic E-state index is 0.707. The molecule has 0 aliphatic carbocycles. The Bertz CT molecular complexity index is 126. The van der Waals surface area contributed by atoms with Crippen molar-refractivity contribution in [3.63, 3.8) is 0 Å². The molecule has 1 fully saturated rings. The Balaban J connectivity index is 0.000000281. The summed E-state index contributed by atoms with van der Waals surface area (Å²) in [6, 6.07) is 1.41. The van der Waals surface area contributed by atoms with Crippen molar-refractivity contribution in [2.24, 2.45) is 5.92 Å². The van der Waals surface area contributed by atoms with Crippen LogP contribution in [0.2, 0.25) is 0 Å². The highest BCUT2D eigenvalue weighted by Gasteiger charge is 2.26. The van der Waals surface area contributed by atoms with Crippen molar-refractivity contribution in [3.8, 4) is 0 Å². The van der Waals surface area contributed by atoms with Gasteiger partial charge in [-0.25, -0.2) is 0 Å². The van der Waals surface area contributed by atoms with Crippen molar-refractivity contribution in [1.82, 2.24) is 5.32 Å². The number of rotatable bonds is 0. The molecule has 0 saturated carbocycles. The molecule has 0 radical (unpaired) electrons. The Kier molecular flexibility index (Phi) is 3.13. The van der Waals surface area contributed by atoms with Crippen LogP contribution in [0.25, 0.3) is 0 Å². The van der Waals surface area contributed by atoms with Gasteiger partial charge in [0.2, 0.25) is 0 Å². The monoisotopic (exact) mass is 153 g/mol. The van der Waals surface area contributed by atoms with Gasteiger partial charge in [-0.05, 0) is 18.8 Å². The zero-order chi connectivity index (χ0) is 8.27. The molecule has 0 amide bonds. The van der Waals surface area contributed by atoms with Gasteiger partial charge in [0.05, 0.1) is 0 Å². The van der Waals surface area contributed by atoms with E-state index in [9.17, 15) is 0 Å². The lowest BCUT2D eigenvalue weighted by atomic mass is 9.94. The van der Waals surface area contributed by atoms with E-state index in [-0.39, 0.29) is 0 Å². The van der Waals surface area contributed by atoms with Crippen LogP contribution >= 0.6 is 0 Å². The lowest BCUT2D eigenvalue weighted by molar-refractivity contribution is 0.335. The fraction of sp³-hybridized carbons (Fsp3) is 0.800. The van der Waals surface area contributed by atoms with E-state index in [0.29, 0.717) is 12.1 Å². The second-order valence-electron chi connectivity index (χ2n) is 3.34. The number of hydrogen-bond acceptors (Lipinski definition) is 1. The van der Waals surface area contributed by atoms with E-state index in [1.165, 1.54) is 12.8 Å². The van der Waals surface area contributed by atoms with Crippen LogP contribution in [-0.4, -0.2) is 12.1 Å². The number of nitrogens with one attached hydrogen (secondary N) is 1. The molecule has 11 heavy (non-hydrogen) atoms. The van der Waals surface area contributed by atoms with Crippen LogP contribution in [0.4, 0.5) is 0 Å². The van der Waals surface area contributed by atoms with Gasteiger partial charge < -0.3 is 5.32 Å². The maximum Gasteiger partial charge on any atom is 0.0258 e. The van der Waals surface area contributed by atoms with Gasteiger partial charge in [-0.15, -0.1) is 0 Å². The highest BCUT2D eigenvalue weighted by Crippen LogP contribution is 2.24. The Morgan fingerprint density at radius 2 is 1.55 bits per heavy atom. The van der Waals surface area contributed by atoms with E-state index in [1.807, 2.05) is 13.8 Å². The third-order valence-electron chi connectivity index (χ3n) is 2.32. The fourth-order valence-electron chi connectivity index (χ4n) is 1.91. The van der Waals surface area contributed by atoms with Gasteiger partial charge in [0.1, 0.15) is 0 Å². The predicted molar refractivity (Wildman–Crippen MR) is 49.6 cm³/mol. The molecule has 0 aromatic carbocycles. The normalized spacial score (nSPS) is 39.7. The molecular weight excluding hydrogens is 134 g/mol. The molecule has 0 aromatic heterocycles.